The van der Waals surface area contributed by atoms with Crippen molar-refractivity contribution in [2.24, 2.45) is 29.6 Å². The summed E-state index contributed by atoms with van der Waals surface area (Å²) in [4.78, 5) is 21.6. The average molecular weight is 459 g/mol. The molecule has 6 aliphatic rings. The Bertz CT molecular complexity index is 1070. The molecular formula is C29H34N2O3. The third-order valence-corrected chi connectivity index (χ3v) is 9.34. The molecule has 5 nitrogen and oxygen atoms in total. The molecule has 2 aromatic rings. The quantitative estimate of drug-likeness (QED) is 0.412. The maximum Gasteiger partial charge on any atom is 0.359 e. The van der Waals surface area contributed by atoms with Gasteiger partial charge in [0, 0.05) is 5.92 Å². The minimum absolute atomic E-state index is 0.000398. The molecule has 5 heteroatoms. The summed E-state index contributed by atoms with van der Waals surface area (Å²) in [6.45, 7) is 0.680. The van der Waals surface area contributed by atoms with Crippen LogP contribution in [0.25, 0.3) is 0 Å². The number of nitrogens with one attached hydrogen (secondary N) is 1. The lowest BCUT2D eigenvalue weighted by molar-refractivity contribution is -0.169. The van der Waals surface area contributed by atoms with E-state index in [2.05, 4.69) is 17.1 Å². The van der Waals surface area contributed by atoms with Gasteiger partial charge in [-0.15, -0.1) is 0 Å². The molecule has 34 heavy (non-hydrogen) atoms. The summed E-state index contributed by atoms with van der Waals surface area (Å²) in [5, 5.41) is 0. The van der Waals surface area contributed by atoms with Crippen molar-refractivity contribution in [3.8, 4) is 0 Å². The molecule has 1 aromatic heterocycles. The molecule has 0 spiro atoms. The summed E-state index contributed by atoms with van der Waals surface area (Å²) in [6.07, 6.45) is 14.7. The fourth-order valence-corrected chi connectivity index (χ4v) is 8.20. The topological polar surface area (TPSA) is 64.2 Å². The van der Waals surface area contributed by atoms with Crippen molar-refractivity contribution in [3.63, 3.8) is 0 Å². The van der Waals surface area contributed by atoms with Gasteiger partial charge in [-0.25, -0.2) is 9.78 Å². The zero-order chi connectivity index (χ0) is 22.7. The number of esters is 1. The van der Waals surface area contributed by atoms with Crippen LogP contribution in [0.1, 0.15) is 84.9 Å². The SMILES string of the molecule is O=C(OCc1ccccc1)c1nc([C@@H]2C[C@@H]3C=C[C@H]2C3)[nH]c1COC12CC3CC(CC(C3)C1)C2. The number of ether oxygens (including phenoxy) is 2. The zero-order valence-corrected chi connectivity index (χ0v) is 19.7. The molecule has 1 heterocycles. The first-order valence-corrected chi connectivity index (χ1v) is 13.2. The molecule has 8 rings (SSSR count). The average Bonchev–Trinajstić information content (AvgIpc) is 3.57. The van der Waals surface area contributed by atoms with Crippen LogP contribution in [0.2, 0.25) is 0 Å². The van der Waals surface area contributed by atoms with Gasteiger partial charge in [0.1, 0.15) is 12.4 Å². The molecule has 0 saturated heterocycles. The molecule has 1 N–H and O–H groups in total. The second-order valence-corrected chi connectivity index (χ2v) is 11.8. The van der Waals surface area contributed by atoms with Crippen LogP contribution in [0.3, 0.4) is 0 Å². The van der Waals surface area contributed by atoms with Gasteiger partial charge in [0.15, 0.2) is 5.69 Å². The molecule has 6 aliphatic carbocycles. The smallest absolute Gasteiger partial charge is 0.359 e. The van der Waals surface area contributed by atoms with Crippen LogP contribution in [0.5, 0.6) is 0 Å². The first kappa shape index (κ1) is 20.9. The van der Waals surface area contributed by atoms with E-state index in [1.165, 1.54) is 44.9 Å². The summed E-state index contributed by atoms with van der Waals surface area (Å²) in [6, 6.07) is 9.84. The monoisotopic (exact) mass is 458 g/mol. The van der Waals surface area contributed by atoms with Crippen molar-refractivity contribution in [1.82, 2.24) is 9.97 Å². The summed E-state index contributed by atoms with van der Waals surface area (Å²) < 4.78 is 12.4. The van der Waals surface area contributed by atoms with Crippen molar-refractivity contribution in [3.05, 3.63) is 65.3 Å². The number of aromatic amines is 1. The molecule has 0 aliphatic heterocycles. The Hall–Kier alpha value is -2.40. The number of nitrogens with zero attached hydrogens (tertiary/aromatic N) is 1. The lowest BCUT2D eigenvalue weighted by Crippen LogP contribution is -2.51. The van der Waals surface area contributed by atoms with Crippen molar-refractivity contribution < 1.29 is 14.3 Å². The number of hydrogen-bond donors (Lipinski definition) is 1. The fourth-order valence-electron chi connectivity index (χ4n) is 8.20. The third-order valence-electron chi connectivity index (χ3n) is 9.34. The van der Waals surface area contributed by atoms with Crippen LogP contribution >= 0.6 is 0 Å². The Morgan fingerprint density at radius 3 is 2.32 bits per heavy atom. The Morgan fingerprint density at radius 2 is 1.68 bits per heavy atom. The van der Waals surface area contributed by atoms with Crippen molar-refractivity contribution in [2.75, 3.05) is 0 Å². The molecule has 3 atom stereocenters. The van der Waals surface area contributed by atoms with E-state index in [1.54, 1.807) is 0 Å². The number of rotatable bonds is 7. The number of H-pyrrole nitrogens is 1. The number of hydrogen-bond acceptors (Lipinski definition) is 4. The van der Waals surface area contributed by atoms with E-state index in [0.29, 0.717) is 30.1 Å². The molecule has 0 unspecified atom stereocenters. The van der Waals surface area contributed by atoms with Crippen LogP contribution in [-0.2, 0) is 22.7 Å². The van der Waals surface area contributed by atoms with Crippen LogP contribution in [0, 0.1) is 29.6 Å². The summed E-state index contributed by atoms with van der Waals surface area (Å²) >= 11 is 0. The largest absolute Gasteiger partial charge is 0.456 e. The van der Waals surface area contributed by atoms with Crippen LogP contribution in [-0.4, -0.2) is 21.5 Å². The minimum Gasteiger partial charge on any atom is -0.456 e. The van der Waals surface area contributed by atoms with Gasteiger partial charge in [-0.3, -0.25) is 0 Å². The molecule has 0 amide bonds. The van der Waals surface area contributed by atoms with Gasteiger partial charge in [-0.2, -0.15) is 0 Å². The predicted octanol–water partition coefficient (Wildman–Crippen LogP) is 5.93. The minimum atomic E-state index is -0.353. The second kappa shape index (κ2) is 8.08. The molecule has 6 bridgehead atoms. The molecular weight excluding hydrogens is 424 g/mol. The lowest BCUT2D eigenvalue weighted by atomic mass is 9.54. The highest BCUT2D eigenvalue weighted by molar-refractivity contribution is 5.88. The lowest BCUT2D eigenvalue weighted by Gasteiger charge is -2.56. The highest BCUT2D eigenvalue weighted by Crippen LogP contribution is 2.57. The highest BCUT2D eigenvalue weighted by Gasteiger charge is 2.52. The van der Waals surface area contributed by atoms with Gasteiger partial charge >= 0.3 is 5.97 Å². The summed E-state index contributed by atoms with van der Waals surface area (Å²) in [7, 11) is 0. The number of benzene rings is 1. The number of carbonyl (C=O) groups excluding carboxylic acids is 1. The van der Waals surface area contributed by atoms with Crippen LogP contribution in [0.4, 0.5) is 0 Å². The number of allylic oxidation sites excluding steroid dienone is 2. The van der Waals surface area contributed by atoms with Gasteiger partial charge in [-0.1, -0.05) is 42.5 Å². The van der Waals surface area contributed by atoms with E-state index in [9.17, 15) is 4.79 Å². The molecule has 1 aromatic carbocycles. The van der Waals surface area contributed by atoms with Crippen LogP contribution in [0.15, 0.2) is 42.5 Å². The standard InChI is InChI=1S/C29H34N2O3/c32-28(33-16-18-4-2-1-3-5-18)26-25(30-27(31-26)24-12-19-6-7-23(24)11-19)17-34-29-13-20-8-21(14-29)10-22(9-20)15-29/h1-7,19-24H,8-17H2,(H,30,31)/t19-,20?,21?,22?,23+,24-,29?/m1/s1. The Kier molecular flexibility index (Phi) is 4.97. The Morgan fingerprint density at radius 1 is 0.941 bits per heavy atom. The summed E-state index contributed by atoms with van der Waals surface area (Å²) in [5.41, 5.74) is 2.20. The Labute approximate surface area is 201 Å². The number of aromatic nitrogens is 2. The van der Waals surface area contributed by atoms with Gasteiger partial charge in [0.2, 0.25) is 0 Å². The van der Waals surface area contributed by atoms with E-state index >= 15 is 0 Å². The van der Waals surface area contributed by atoms with E-state index in [-0.39, 0.29) is 18.2 Å². The zero-order valence-electron chi connectivity index (χ0n) is 19.7. The normalized spacial score (nSPS) is 36.9. The van der Waals surface area contributed by atoms with Gasteiger partial charge < -0.3 is 14.5 Å². The fraction of sp³-hybridized carbons (Fsp3) is 0.586. The van der Waals surface area contributed by atoms with E-state index in [4.69, 9.17) is 14.5 Å². The highest BCUT2D eigenvalue weighted by atomic mass is 16.5. The van der Waals surface area contributed by atoms with Gasteiger partial charge in [0.25, 0.3) is 0 Å². The molecule has 0 radical (unpaired) electrons. The van der Waals surface area contributed by atoms with E-state index in [0.717, 1.165) is 41.3 Å². The van der Waals surface area contributed by atoms with Crippen molar-refractivity contribution >= 4 is 5.97 Å². The number of fused-ring (bicyclic) bond motifs is 2. The van der Waals surface area contributed by atoms with E-state index in [1.807, 2.05) is 30.3 Å². The van der Waals surface area contributed by atoms with Gasteiger partial charge in [0.05, 0.1) is 17.9 Å². The maximum atomic E-state index is 13.2. The maximum absolute atomic E-state index is 13.2. The first-order valence-electron chi connectivity index (χ1n) is 13.2. The van der Waals surface area contributed by atoms with E-state index < -0.39 is 0 Å². The second-order valence-electron chi connectivity index (χ2n) is 11.8. The van der Waals surface area contributed by atoms with Crippen molar-refractivity contribution in [1.29, 1.82) is 0 Å². The molecule has 5 fully saturated rings. The molecule has 5 saturated carbocycles. The summed E-state index contributed by atoms with van der Waals surface area (Å²) in [5.74, 6) is 4.63. The van der Waals surface area contributed by atoms with Crippen LogP contribution < -0.4 is 0 Å². The van der Waals surface area contributed by atoms with Crippen molar-refractivity contribution in [2.45, 2.75) is 76.1 Å². The number of carbonyl (C=O) groups is 1. The third kappa shape index (κ3) is 3.73. The predicted molar refractivity (Wildman–Crippen MR) is 128 cm³/mol. The molecule has 178 valence electrons. The van der Waals surface area contributed by atoms with Gasteiger partial charge in [-0.05, 0) is 86.5 Å². The number of imidazole rings is 1. The first-order chi connectivity index (χ1) is 16.6. The Balaban J connectivity index is 1.12.